The molecule has 1 heteroatoms. The minimum Gasteiger partial charge on any atom is -0.396 e. The molecule has 1 saturated carbocycles. The lowest BCUT2D eigenvalue weighted by atomic mass is 9.68. The highest BCUT2D eigenvalue weighted by molar-refractivity contribution is 5.40. The number of rotatable bonds is 2. The van der Waals surface area contributed by atoms with Crippen molar-refractivity contribution in [2.45, 2.75) is 33.6 Å². The van der Waals surface area contributed by atoms with Crippen LogP contribution in [-0.4, -0.2) is 11.7 Å². The van der Waals surface area contributed by atoms with Crippen LogP contribution in [0.25, 0.3) is 0 Å². The molecule has 0 aromatic rings. The fourth-order valence-electron chi connectivity index (χ4n) is 3.70. The Morgan fingerprint density at radius 3 is 2.64 bits per heavy atom. The molecule has 0 spiro atoms. The van der Waals surface area contributed by atoms with Crippen molar-refractivity contribution < 1.29 is 5.11 Å². The molecule has 2 unspecified atom stereocenters. The molecule has 78 valence electrons. The van der Waals surface area contributed by atoms with Gasteiger partial charge < -0.3 is 5.11 Å². The van der Waals surface area contributed by atoms with Crippen molar-refractivity contribution in [3.8, 4) is 0 Å². The van der Waals surface area contributed by atoms with Gasteiger partial charge in [-0.05, 0) is 45.4 Å². The van der Waals surface area contributed by atoms with Gasteiger partial charge in [0.05, 0.1) is 0 Å². The molecule has 1 fully saturated rings. The predicted octanol–water partition coefficient (Wildman–Crippen LogP) is 2.92. The first-order valence-electron chi connectivity index (χ1n) is 5.48. The summed E-state index contributed by atoms with van der Waals surface area (Å²) in [5.41, 5.74) is 4.43. The molecular weight excluding hydrogens is 172 g/mol. The monoisotopic (exact) mass is 192 g/mol. The fraction of sp³-hybridized carbons (Fsp3) is 0.692. The van der Waals surface area contributed by atoms with E-state index in [4.69, 9.17) is 0 Å². The van der Waals surface area contributed by atoms with Crippen LogP contribution < -0.4 is 0 Å². The molecule has 14 heavy (non-hydrogen) atoms. The van der Waals surface area contributed by atoms with E-state index in [0.717, 1.165) is 6.42 Å². The van der Waals surface area contributed by atoms with E-state index in [9.17, 15) is 5.11 Å². The lowest BCUT2D eigenvalue weighted by molar-refractivity contribution is 0.165. The third-order valence-electron chi connectivity index (χ3n) is 4.69. The highest BCUT2D eigenvalue weighted by Gasteiger charge is 2.54. The first-order valence-corrected chi connectivity index (χ1v) is 5.48. The Labute approximate surface area is 86.5 Å². The first kappa shape index (κ1) is 9.97. The van der Waals surface area contributed by atoms with Crippen molar-refractivity contribution in [1.29, 1.82) is 0 Å². The average molecular weight is 192 g/mol. The summed E-state index contributed by atoms with van der Waals surface area (Å²) in [6.45, 7) is 11.1. The minimum atomic E-state index is 0.142. The fourth-order valence-corrected chi connectivity index (χ4v) is 3.70. The van der Waals surface area contributed by atoms with Gasteiger partial charge in [0.25, 0.3) is 0 Å². The van der Waals surface area contributed by atoms with Crippen LogP contribution in [0.5, 0.6) is 0 Å². The van der Waals surface area contributed by atoms with Crippen molar-refractivity contribution in [2.24, 2.45) is 17.3 Å². The highest BCUT2D eigenvalue weighted by atomic mass is 16.3. The van der Waals surface area contributed by atoms with Gasteiger partial charge in [0, 0.05) is 12.0 Å². The van der Waals surface area contributed by atoms with E-state index in [1.54, 1.807) is 5.57 Å². The van der Waals surface area contributed by atoms with Crippen LogP contribution in [0.2, 0.25) is 0 Å². The second-order valence-corrected chi connectivity index (χ2v) is 5.08. The van der Waals surface area contributed by atoms with Crippen molar-refractivity contribution >= 4 is 0 Å². The SMILES string of the molecule is C=C(C)[C@@]12CC(CC1CO)C(C)=C2C. The summed E-state index contributed by atoms with van der Waals surface area (Å²) in [5.74, 6) is 1.14. The molecule has 2 aliphatic carbocycles. The molecular formula is C13H20O. The number of hydrogen-bond donors (Lipinski definition) is 1. The van der Waals surface area contributed by atoms with E-state index in [1.165, 1.54) is 17.6 Å². The second-order valence-electron chi connectivity index (χ2n) is 5.08. The average Bonchev–Trinajstić information content (AvgIpc) is 2.64. The normalized spacial score (nSPS) is 40.9. The number of allylic oxidation sites excluding steroid dienone is 3. The summed E-state index contributed by atoms with van der Waals surface area (Å²) in [6, 6.07) is 0. The number of aliphatic hydroxyl groups excluding tert-OH is 1. The molecule has 0 amide bonds. The molecule has 0 radical (unpaired) electrons. The van der Waals surface area contributed by atoms with Gasteiger partial charge in [-0.2, -0.15) is 0 Å². The Morgan fingerprint density at radius 2 is 2.21 bits per heavy atom. The summed E-state index contributed by atoms with van der Waals surface area (Å²) < 4.78 is 0. The van der Waals surface area contributed by atoms with E-state index in [2.05, 4.69) is 27.4 Å². The van der Waals surface area contributed by atoms with Crippen molar-refractivity contribution in [2.75, 3.05) is 6.61 Å². The lowest BCUT2D eigenvalue weighted by Crippen LogP contribution is -2.30. The van der Waals surface area contributed by atoms with Crippen LogP contribution in [0.1, 0.15) is 33.6 Å². The summed E-state index contributed by atoms with van der Waals surface area (Å²) in [6.07, 6.45) is 2.36. The molecule has 0 aliphatic heterocycles. The van der Waals surface area contributed by atoms with Crippen LogP contribution in [0.4, 0.5) is 0 Å². The zero-order valence-electron chi connectivity index (χ0n) is 9.43. The lowest BCUT2D eigenvalue weighted by Gasteiger charge is -2.37. The van der Waals surface area contributed by atoms with Crippen LogP contribution in [0.15, 0.2) is 23.3 Å². The first-order chi connectivity index (χ1) is 6.54. The highest BCUT2D eigenvalue weighted by Crippen LogP contribution is 2.63. The quantitative estimate of drug-likeness (QED) is 0.667. The Bertz CT molecular complexity index is 313. The Kier molecular flexibility index (Phi) is 2.11. The van der Waals surface area contributed by atoms with Crippen molar-refractivity contribution in [3.05, 3.63) is 23.3 Å². The molecule has 0 heterocycles. The molecule has 2 aliphatic rings. The van der Waals surface area contributed by atoms with Gasteiger partial charge in [0.2, 0.25) is 0 Å². The van der Waals surface area contributed by atoms with E-state index in [1.807, 2.05) is 0 Å². The predicted molar refractivity (Wildman–Crippen MR) is 58.9 cm³/mol. The molecule has 1 nitrogen and oxygen atoms in total. The van der Waals surface area contributed by atoms with Crippen LogP contribution in [0, 0.1) is 17.3 Å². The van der Waals surface area contributed by atoms with E-state index >= 15 is 0 Å². The van der Waals surface area contributed by atoms with Crippen molar-refractivity contribution in [1.82, 2.24) is 0 Å². The number of fused-ring (bicyclic) bond motifs is 2. The van der Waals surface area contributed by atoms with Crippen LogP contribution in [0.3, 0.4) is 0 Å². The zero-order chi connectivity index (χ0) is 10.5. The summed E-state index contributed by atoms with van der Waals surface area (Å²) in [4.78, 5) is 0. The molecule has 0 aromatic carbocycles. The molecule has 1 N–H and O–H groups in total. The molecule has 2 rings (SSSR count). The smallest absolute Gasteiger partial charge is 0.0471 e. The Hall–Kier alpha value is -0.560. The summed E-state index contributed by atoms with van der Waals surface area (Å²) >= 11 is 0. The topological polar surface area (TPSA) is 20.2 Å². The molecule has 3 atom stereocenters. The van der Waals surface area contributed by atoms with Gasteiger partial charge in [0.15, 0.2) is 0 Å². The molecule has 2 bridgehead atoms. The maximum Gasteiger partial charge on any atom is 0.0471 e. The minimum absolute atomic E-state index is 0.142. The van der Waals surface area contributed by atoms with Crippen LogP contribution >= 0.6 is 0 Å². The van der Waals surface area contributed by atoms with Crippen LogP contribution in [-0.2, 0) is 0 Å². The largest absolute Gasteiger partial charge is 0.396 e. The molecule has 0 saturated heterocycles. The third-order valence-corrected chi connectivity index (χ3v) is 4.69. The van der Waals surface area contributed by atoms with Gasteiger partial charge in [-0.25, -0.2) is 0 Å². The maximum absolute atomic E-state index is 9.44. The second kappa shape index (κ2) is 2.96. The van der Waals surface area contributed by atoms with Gasteiger partial charge in [-0.1, -0.05) is 23.3 Å². The molecule has 0 aromatic heterocycles. The Balaban J connectivity index is 2.49. The van der Waals surface area contributed by atoms with E-state index < -0.39 is 0 Å². The van der Waals surface area contributed by atoms with E-state index in [-0.39, 0.29) is 5.41 Å². The van der Waals surface area contributed by atoms with Gasteiger partial charge in [-0.3, -0.25) is 0 Å². The van der Waals surface area contributed by atoms with E-state index in [0.29, 0.717) is 18.4 Å². The number of hydrogen-bond acceptors (Lipinski definition) is 1. The zero-order valence-corrected chi connectivity index (χ0v) is 9.43. The van der Waals surface area contributed by atoms with Gasteiger partial charge in [0.1, 0.15) is 0 Å². The maximum atomic E-state index is 9.44. The summed E-state index contributed by atoms with van der Waals surface area (Å²) in [7, 11) is 0. The summed E-state index contributed by atoms with van der Waals surface area (Å²) in [5, 5.41) is 9.44. The number of aliphatic hydroxyl groups is 1. The van der Waals surface area contributed by atoms with Crippen molar-refractivity contribution in [3.63, 3.8) is 0 Å². The van der Waals surface area contributed by atoms with Gasteiger partial charge >= 0.3 is 0 Å². The van der Waals surface area contributed by atoms with Gasteiger partial charge in [-0.15, -0.1) is 0 Å². The Morgan fingerprint density at radius 1 is 1.57 bits per heavy atom. The third kappa shape index (κ3) is 0.939. The standard InChI is InChI=1S/C13H20O/c1-8(2)13-6-11(5-12(13)7-14)9(3)10(13)4/h11-12,14H,1,5-7H2,2-4H3/t11?,12?,13-/m1/s1.